The van der Waals surface area contributed by atoms with Crippen LogP contribution in [-0.2, 0) is 0 Å². The molecule has 1 saturated heterocycles. The van der Waals surface area contributed by atoms with Crippen LogP contribution >= 0.6 is 0 Å². The molecule has 0 amide bonds. The molecule has 1 heterocycles. The van der Waals surface area contributed by atoms with Gasteiger partial charge in [-0.2, -0.15) is 0 Å². The molecule has 2 rings (SSSR count). The third-order valence-corrected chi connectivity index (χ3v) is 3.01. The minimum atomic E-state index is 1.13. The van der Waals surface area contributed by atoms with Gasteiger partial charge in [0.25, 0.3) is 0 Å². The summed E-state index contributed by atoms with van der Waals surface area (Å²) in [5, 5.41) is 0. The normalized spacial score (nSPS) is 14.6. The van der Waals surface area contributed by atoms with Gasteiger partial charge in [-0.15, -0.1) is 5.73 Å². The molecule has 1 fully saturated rings. The summed E-state index contributed by atoms with van der Waals surface area (Å²) in [5.74, 6) is 0. The SMILES string of the molecule is C=C=C(c1ccc(C=C)cc1)N1CCCC1. The Morgan fingerprint density at radius 3 is 2.31 bits per heavy atom. The Morgan fingerprint density at radius 1 is 1.19 bits per heavy atom. The quantitative estimate of drug-likeness (QED) is 0.691. The number of hydrogen-bond acceptors (Lipinski definition) is 1. The first-order valence-corrected chi connectivity index (χ1v) is 5.73. The van der Waals surface area contributed by atoms with Gasteiger partial charge in [0.2, 0.25) is 0 Å². The predicted molar refractivity (Wildman–Crippen MR) is 69.9 cm³/mol. The molecule has 0 radical (unpaired) electrons. The van der Waals surface area contributed by atoms with E-state index >= 15 is 0 Å². The molecule has 1 heteroatoms. The first-order chi connectivity index (χ1) is 7.85. The maximum Gasteiger partial charge on any atom is 0.0867 e. The summed E-state index contributed by atoms with van der Waals surface area (Å²) in [5.41, 5.74) is 6.54. The van der Waals surface area contributed by atoms with Crippen LogP contribution in [0.3, 0.4) is 0 Å². The second-order valence-corrected chi connectivity index (χ2v) is 4.05. The van der Waals surface area contributed by atoms with Crippen LogP contribution in [0.2, 0.25) is 0 Å². The van der Waals surface area contributed by atoms with Crippen LogP contribution in [-0.4, -0.2) is 18.0 Å². The molecule has 0 unspecified atom stereocenters. The van der Waals surface area contributed by atoms with Crippen molar-refractivity contribution in [3.8, 4) is 0 Å². The largest absolute Gasteiger partial charge is 0.365 e. The second-order valence-electron chi connectivity index (χ2n) is 4.05. The lowest BCUT2D eigenvalue weighted by Gasteiger charge is -2.19. The molecule has 0 aliphatic carbocycles. The van der Waals surface area contributed by atoms with Gasteiger partial charge in [-0.25, -0.2) is 0 Å². The van der Waals surface area contributed by atoms with Crippen LogP contribution in [0.4, 0.5) is 0 Å². The molecule has 0 bridgehead atoms. The Kier molecular flexibility index (Phi) is 3.28. The van der Waals surface area contributed by atoms with E-state index < -0.39 is 0 Å². The molecule has 16 heavy (non-hydrogen) atoms. The van der Waals surface area contributed by atoms with Crippen LogP contribution in [0.15, 0.2) is 43.2 Å². The molecule has 1 aliphatic rings. The molecule has 0 saturated carbocycles. The highest BCUT2D eigenvalue weighted by molar-refractivity contribution is 5.65. The van der Waals surface area contributed by atoms with Crippen molar-refractivity contribution in [3.05, 3.63) is 54.3 Å². The zero-order chi connectivity index (χ0) is 11.4. The second kappa shape index (κ2) is 4.87. The van der Waals surface area contributed by atoms with E-state index in [-0.39, 0.29) is 0 Å². The van der Waals surface area contributed by atoms with Crippen molar-refractivity contribution in [2.45, 2.75) is 12.8 Å². The number of benzene rings is 1. The summed E-state index contributed by atoms with van der Waals surface area (Å²) in [4.78, 5) is 2.36. The average molecular weight is 211 g/mol. The number of nitrogens with zero attached hydrogens (tertiary/aromatic N) is 1. The Morgan fingerprint density at radius 2 is 1.81 bits per heavy atom. The van der Waals surface area contributed by atoms with E-state index in [2.05, 4.69) is 48.1 Å². The lowest BCUT2D eigenvalue weighted by Crippen LogP contribution is -2.16. The smallest absolute Gasteiger partial charge is 0.0867 e. The zero-order valence-electron chi connectivity index (χ0n) is 9.58. The van der Waals surface area contributed by atoms with Gasteiger partial charge in [0.15, 0.2) is 0 Å². The molecule has 1 aliphatic heterocycles. The van der Waals surface area contributed by atoms with Crippen molar-refractivity contribution in [1.29, 1.82) is 0 Å². The van der Waals surface area contributed by atoms with Gasteiger partial charge in [0.05, 0.1) is 5.70 Å². The first-order valence-electron chi connectivity index (χ1n) is 5.73. The zero-order valence-corrected chi connectivity index (χ0v) is 9.58. The fourth-order valence-electron chi connectivity index (χ4n) is 2.11. The Labute approximate surface area is 97.4 Å². The van der Waals surface area contributed by atoms with E-state index in [0.717, 1.165) is 24.4 Å². The predicted octanol–water partition coefficient (Wildman–Crippen LogP) is 3.55. The minimum Gasteiger partial charge on any atom is -0.365 e. The summed E-state index contributed by atoms with van der Waals surface area (Å²) >= 11 is 0. The number of likely N-dealkylation sites (tertiary alicyclic amines) is 1. The lowest BCUT2D eigenvalue weighted by atomic mass is 10.1. The van der Waals surface area contributed by atoms with Crippen molar-refractivity contribution >= 4 is 11.8 Å². The molecule has 82 valence electrons. The van der Waals surface area contributed by atoms with E-state index in [0.29, 0.717) is 0 Å². The maximum absolute atomic E-state index is 3.80. The maximum atomic E-state index is 3.80. The molecule has 0 N–H and O–H groups in total. The van der Waals surface area contributed by atoms with Gasteiger partial charge in [-0.3, -0.25) is 0 Å². The highest BCUT2D eigenvalue weighted by Crippen LogP contribution is 2.23. The van der Waals surface area contributed by atoms with E-state index in [1.165, 1.54) is 18.4 Å². The number of hydrogen-bond donors (Lipinski definition) is 0. The Balaban J connectivity index is 2.26. The van der Waals surface area contributed by atoms with Crippen molar-refractivity contribution in [2.75, 3.05) is 13.1 Å². The molecular formula is C15H17N. The molecule has 0 atom stereocenters. The summed E-state index contributed by atoms with van der Waals surface area (Å²) in [6.45, 7) is 9.81. The van der Waals surface area contributed by atoms with Gasteiger partial charge < -0.3 is 4.90 Å². The summed E-state index contributed by atoms with van der Waals surface area (Å²) in [7, 11) is 0. The molecule has 1 aromatic rings. The van der Waals surface area contributed by atoms with Crippen molar-refractivity contribution < 1.29 is 0 Å². The summed E-state index contributed by atoms with van der Waals surface area (Å²) in [6, 6.07) is 8.39. The van der Waals surface area contributed by atoms with E-state index in [1.54, 1.807) is 0 Å². The molecule has 1 aromatic carbocycles. The van der Waals surface area contributed by atoms with Crippen LogP contribution in [0.5, 0.6) is 0 Å². The van der Waals surface area contributed by atoms with Gasteiger partial charge in [0, 0.05) is 18.7 Å². The number of rotatable bonds is 3. The van der Waals surface area contributed by atoms with Crippen molar-refractivity contribution in [3.63, 3.8) is 0 Å². The lowest BCUT2D eigenvalue weighted by molar-refractivity contribution is 0.494. The van der Waals surface area contributed by atoms with Crippen LogP contribution < -0.4 is 0 Å². The Bertz CT molecular complexity index is 415. The van der Waals surface area contributed by atoms with E-state index in [4.69, 9.17) is 0 Å². The van der Waals surface area contributed by atoms with Crippen LogP contribution in [0.25, 0.3) is 11.8 Å². The summed E-state index contributed by atoms with van der Waals surface area (Å²) in [6.07, 6.45) is 4.41. The third kappa shape index (κ3) is 2.10. The summed E-state index contributed by atoms with van der Waals surface area (Å²) < 4.78 is 0. The first kappa shape index (κ1) is 10.8. The standard InChI is InChI=1S/C15H17N/c1-3-13-7-9-14(10-8-13)15(4-2)16-11-5-6-12-16/h3,7-10H,1-2,5-6,11-12H2. The van der Waals surface area contributed by atoms with Gasteiger partial charge >= 0.3 is 0 Å². The fraction of sp³-hybridized carbons (Fsp3) is 0.267. The van der Waals surface area contributed by atoms with Crippen LogP contribution in [0, 0.1) is 0 Å². The van der Waals surface area contributed by atoms with Crippen molar-refractivity contribution in [2.24, 2.45) is 0 Å². The molecule has 0 spiro atoms. The minimum absolute atomic E-state index is 1.13. The van der Waals surface area contributed by atoms with Crippen LogP contribution in [0.1, 0.15) is 24.0 Å². The monoisotopic (exact) mass is 211 g/mol. The molecule has 1 nitrogen and oxygen atoms in total. The fourth-order valence-corrected chi connectivity index (χ4v) is 2.11. The van der Waals surface area contributed by atoms with Gasteiger partial charge in [-0.05, 0) is 18.4 Å². The average Bonchev–Trinajstić information content (AvgIpc) is 2.85. The van der Waals surface area contributed by atoms with E-state index in [9.17, 15) is 0 Å². The molecule has 0 aromatic heterocycles. The topological polar surface area (TPSA) is 3.24 Å². The van der Waals surface area contributed by atoms with Crippen molar-refractivity contribution in [1.82, 2.24) is 4.90 Å². The molecular weight excluding hydrogens is 194 g/mol. The Hall–Kier alpha value is -1.72. The van der Waals surface area contributed by atoms with E-state index in [1.807, 2.05) is 6.08 Å². The third-order valence-electron chi connectivity index (χ3n) is 3.01. The van der Waals surface area contributed by atoms with Gasteiger partial charge in [0.1, 0.15) is 0 Å². The van der Waals surface area contributed by atoms with Gasteiger partial charge in [-0.1, -0.05) is 43.5 Å². The highest BCUT2D eigenvalue weighted by atomic mass is 15.1. The highest BCUT2D eigenvalue weighted by Gasteiger charge is 2.15.